The third-order valence-corrected chi connectivity index (χ3v) is 5.35. The van der Waals surface area contributed by atoms with Gasteiger partial charge < -0.3 is 31.3 Å². The summed E-state index contributed by atoms with van der Waals surface area (Å²) in [6, 6.07) is 3.99. The molecule has 3 rings (SSSR count). The molecule has 2 aliphatic heterocycles. The third-order valence-electron chi connectivity index (χ3n) is 5.35. The van der Waals surface area contributed by atoms with Crippen molar-refractivity contribution in [3.05, 3.63) is 29.8 Å². The van der Waals surface area contributed by atoms with E-state index < -0.39 is 36.2 Å². The van der Waals surface area contributed by atoms with Crippen LogP contribution < -0.4 is 11.1 Å². The molecule has 1 aromatic rings. The second kappa shape index (κ2) is 9.23. The quantitative estimate of drug-likeness (QED) is 0.423. The van der Waals surface area contributed by atoms with Crippen LogP contribution in [-0.2, 0) is 11.2 Å². The normalized spacial score (nSPS) is 21.6. The number of urea groups is 1. The molecule has 1 aromatic carbocycles. The van der Waals surface area contributed by atoms with Gasteiger partial charge in [0.1, 0.15) is 17.6 Å². The highest BCUT2D eigenvalue weighted by molar-refractivity contribution is 6.09. The number of benzene rings is 1. The molecule has 1 saturated heterocycles. The molecule has 10 nitrogen and oxygen atoms in total. The largest absolute Gasteiger partial charge is 0.508 e. The number of aliphatic carboxylic acids is 1. The van der Waals surface area contributed by atoms with Crippen LogP contribution in [0.1, 0.15) is 25.3 Å². The molecular formula is C20H27N5O5. The molecule has 2 unspecified atom stereocenters. The van der Waals surface area contributed by atoms with Crippen molar-refractivity contribution in [1.82, 2.24) is 10.2 Å². The minimum Gasteiger partial charge on any atom is -0.508 e. The number of aliphatic hydroxyl groups excluding tert-OH is 1. The number of aromatic hydroxyl groups is 1. The van der Waals surface area contributed by atoms with E-state index in [-0.39, 0.29) is 12.3 Å². The van der Waals surface area contributed by atoms with Crippen molar-refractivity contribution in [2.75, 3.05) is 13.1 Å². The maximum Gasteiger partial charge on any atom is 0.326 e. The molecule has 0 radical (unpaired) electrons. The number of nitrogens with zero attached hydrogens (tertiary/aromatic N) is 3. The van der Waals surface area contributed by atoms with E-state index in [4.69, 9.17) is 5.73 Å². The summed E-state index contributed by atoms with van der Waals surface area (Å²) in [4.78, 5) is 34.3. The van der Waals surface area contributed by atoms with E-state index in [1.165, 1.54) is 4.90 Å². The van der Waals surface area contributed by atoms with Gasteiger partial charge in [-0.2, -0.15) is 0 Å². The summed E-state index contributed by atoms with van der Waals surface area (Å²) in [5, 5.41) is 31.5. The van der Waals surface area contributed by atoms with Crippen molar-refractivity contribution < 1.29 is 24.9 Å². The van der Waals surface area contributed by atoms with Crippen LogP contribution in [0.2, 0.25) is 0 Å². The molecule has 0 spiro atoms. The van der Waals surface area contributed by atoms with Crippen molar-refractivity contribution in [2.45, 2.75) is 50.4 Å². The van der Waals surface area contributed by atoms with Crippen LogP contribution in [0.4, 0.5) is 4.79 Å². The van der Waals surface area contributed by atoms with Crippen LogP contribution in [0.15, 0.2) is 34.3 Å². The van der Waals surface area contributed by atoms with E-state index in [2.05, 4.69) is 15.3 Å². The number of aliphatic hydroxyl groups is 1. The highest BCUT2D eigenvalue weighted by Crippen LogP contribution is 2.19. The monoisotopic (exact) mass is 417 g/mol. The lowest BCUT2D eigenvalue weighted by atomic mass is 10.0. The van der Waals surface area contributed by atoms with Gasteiger partial charge in [0.15, 0.2) is 0 Å². The summed E-state index contributed by atoms with van der Waals surface area (Å²) in [6.45, 7) is 2.15. The lowest BCUT2D eigenvalue weighted by molar-refractivity contribution is -0.141. The molecule has 2 heterocycles. The van der Waals surface area contributed by atoms with Gasteiger partial charge in [-0.3, -0.25) is 4.99 Å². The molecule has 30 heavy (non-hydrogen) atoms. The Morgan fingerprint density at radius 3 is 2.67 bits per heavy atom. The van der Waals surface area contributed by atoms with Gasteiger partial charge in [0.05, 0.1) is 30.4 Å². The number of hydrogen-bond acceptors (Lipinski definition) is 7. The number of carboxylic acids is 1. The van der Waals surface area contributed by atoms with Gasteiger partial charge in [0.2, 0.25) is 0 Å². The fourth-order valence-corrected chi connectivity index (χ4v) is 3.58. The first-order chi connectivity index (χ1) is 14.3. The highest BCUT2D eigenvalue weighted by Gasteiger charge is 2.36. The molecule has 0 aliphatic carbocycles. The summed E-state index contributed by atoms with van der Waals surface area (Å²) in [5.41, 5.74) is 7.36. The van der Waals surface area contributed by atoms with E-state index in [0.29, 0.717) is 37.4 Å². The molecule has 0 saturated carbocycles. The number of amides is 2. The Hall–Kier alpha value is -2.98. The van der Waals surface area contributed by atoms with E-state index in [0.717, 1.165) is 5.56 Å². The Labute approximate surface area is 174 Å². The zero-order valence-corrected chi connectivity index (χ0v) is 16.7. The zero-order valence-electron chi connectivity index (χ0n) is 16.7. The van der Waals surface area contributed by atoms with E-state index in [9.17, 15) is 24.9 Å². The van der Waals surface area contributed by atoms with E-state index >= 15 is 0 Å². The topological polar surface area (TPSA) is 161 Å². The second-order valence-electron chi connectivity index (χ2n) is 7.61. The Morgan fingerprint density at radius 2 is 2.03 bits per heavy atom. The van der Waals surface area contributed by atoms with Gasteiger partial charge in [0, 0.05) is 6.54 Å². The molecule has 0 aromatic heterocycles. The number of nitrogens with one attached hydrogen (secondary N) is 1. The summed E-state index contributed by atoms with van der Waals surface area (Å²) < 4.78 is 0. The Bertz CT molecular complexity index is 852. The predicted octanol–water partition coefficient (Wildman–Crippen LogP) is 0.123. The fourth-order valence-electron chi connectivity index (χ4n) is 3.58. The molecule has 2 aliphatic rings. The molecule has 1 fully saturated rings. The minimum atomic E-state index is -1.02. The average Bonchev–Trinajstić information content (AvgIpc) is 3.38. The average molecular weight is 417 g/mol. The van der Waals surface area contributed by atoms with Crippen molar-refractivity contribution in [3.8, 4) is 5.75 Å². The molecule has 162 valence electrons. The fraction of sp³-hybridized carbons (Fsp3) is 0.500. The number of nitrogens with two attached hydrogens (primary N) is 1. The number of phenols is 1. The number of hydrogen-bond donors (Lipinski definition) is 5. The number of carbonyl (C=O) groups is 2. The Balaban J connectivity index is 1.79. The summed E-state index contributed by atoms with van der Waals surface area (Å²) in [7, 11) is 0. The van der Waals surface area contributed by atoms with Gasteiger partial charge in [-0.15, -0.1) is 0 Å². The molecule has 0 bridgehead atoms. The van der Waals surface area contributed by atoms with Crippen LogP contribution in [0.5, 0.6) is 5.75 Å². The van der Waals surface area contributed by atoms with Crippen molar-refractivity contribution >= 4 is 23.5 Å². The van der Waals surface area contributed by atoms with Crippen molar-refractivity contribution in [2.24, 2.45) is 15.7 Å². The van der Waals surface area contributed by atoms with Gasteiger partial charge in [-0.25, -0.2) is 14.6 Å². The summed E-state index contributed by atoms with van der Waals surface area (Å²) in [6.07, 6.45) is 0.606. The third kappa shape index (κ3) is 4.95. The maximum atomic E-state index is 12.8. The van der Waals surface area contributed by atoms with Gasteiger partial charge >= 0.3 is 12.0 Å². The molecular weight excluding hydrogens is 390 g/mol. The standard InChI is InChI=1S/C20H27N5O5/c1-11(26)17(21)18-22-10-15(23-18)14(9-12-4-6-13(27)7-5-12)24-20(30)25-8-2-3-16(25)19(28)29/h4-7,11,14,16-17,26-27H,2-3,8-10,21H2,1H3,(H,24,30)(H,28,29)/t11?,14-,16-,17?/m0/s1. The number of phenolic OH excluding ortho intramolecular Hbond substituents is 1. The lowest BCUT2D eigenvalue weighted by Gasteiger charge is -2.26. The number of carboxylic acid groups (broad SMARTS) is 1. The van der Waals surface area contributed by atoms with Crippen LogP contribution in [0.3, 0.4) is 0 Å². The molecule has 2 amide bonds. The van der Waals surface area contributed by atoms with Gasteiger partial charge in [0.25, 0.3) is 0 Å². The molecule has 6 N–H and O–H groups in total. The number of amidine groups is 1. The predicted molar refractivity (Wildman–Crippen MR) is 111 cm³/mol. The van der Waals surface area contributed by atoms with Gasteiger partial charge in [-0.05, 0) is 43.9 Å². The molecule has 10 heteroatoms. The van der Waals surface area contributed by atoms with Gasteiger partial charge in [-0.1, -0.05) is 12.1 Å². The van der Waals surface area contributed by atoms with Crippen LogP contribution in [0, 0.1) is 0 Å². The number of likely N-dealkylation sites (tertiary alicyclic amines) is 1. The maximum absolute atomic E-state index is 12.8. The highest BCUT2D eigenvalue weighted by atomic mass is 16.4. The van der Waals surface area contributed by atoms with E-state index in [1.807, 2.05) is 0 Å². The zero-order chi connectivity index (χ0) is 21.8. The first-order valence-corrected chi connectivity index (χ1v) is 9.89. The summed E-state index contributed by atoms with van der Waals surface area (Å²) in [5.74, 6) is -0.577. The first-order valence-electron chi connectivity index (χ1n) is 9.89. The van der Waals surface area contributed by atoms with Crippen LogP contribution >= 0.6 is 0 Å². The van der Waals surface area contributed by atoms with Crippen molar-refractivity contribution in [1.29, 1.82) is 0 Å². The SMILES string of the molecule is CC(O)C(N)C1=NCC([C@H](Cc2ccc(O)cc2)NC(=O)N2CCC[C@H]2C(=O)O)=N1. The smallest absolute Gasteiger partial charge is 0.326 e. The number of rotatable bonds is 7. The first kappa shape index (κ1) is 21.7. The van der Waals surface area contributed by atoms with Crippen LogP contribution in [-0.4, -0.2) is 81.1 Å². The minimum absolute atomic E-state index is 0.132. The van der Waals surface area contributed by atoms with Crippen molar-refractivity contribution in [3.63, 3.8) is 0 Å². The Morgan fingerprint density at radius 1 is 1.33 bits per heavy atom. The number of aliphatic imine (C=N–C) groups is 2. The summed E-state index contributed by atoms with van der Waals surface area (Å²) >= 11 is 0. The molecule has 4 atom stereocenters. The van der Waals surface area contributed by atoms with E-state index in [1.54, 1.807) is 31.2 Å². The second-order valence-corrected chi connectivity index (χ2v) is 7.61. The lowest BCUT2D eigenvalue weighted by Crippen LogP contribution is -2.52. The van der Waals surface area contributed by atoms with Crippen LogP contribution in [0.25, 0.3) is 0 Å². The number of carbonyl (C=O) groups excluding carboxylic acids is 1. The Kier molecular flexibility index (Phi) is 6.68.